The first-order valence-electron chi connectivity index (χ1n) is 20.9. The van der Waals surface area contributed by atoms with Gasteiger partial charge in [0, 0.05) is 43.1 Å². The fourth-order valence-corrected chi connectivity index (χ4v) is 12.9. The zero-order chi connectivity index (χ0) is 39.2. The summed E-state index contributed by atoms with van der Waals surface area (Å²) in [6.45, 7) is 9.98. The Kier molecular flexibility index (Phi) is 11.1. The summed E-state index contributed by atoms with van der Waals surface area (Å²) >= 11 is 0. The third-order valence-electron chi connectivity index (χ3n) is 15.8. The molecule has 7 fully saturated rings. The van der Waals surface area contributed by atoms with Crippen molar-refractivity contribution in [3.05, 3.63) is 11.6 Å². The van der Waals surface area contributed by atoms with Crippen LogP contribution in [0.3, 0.4) is 0 Å². The summed E-state index contributed by atoms with van der Waals surface area (Å²) in [5.41, 5.74) is -0.686. The van der Waals surface area contributed by atoms with Crippen LogP contribution in [0.5, 0.6) is 0 Å². The molecular formula is C41H64O14. The number of aliphatic hydroxyl groups excluding tert-OH is 5. The van der Waals surface area contributed by atoms with E-state index in [-0.39, 0.29) is 55.2 Å². The van der Waals surface area contributed by atoms with Crippen LogP contribution in [0.15, 0.2) is 11.6 Å². The third kappa shape index (κ3) is 7.05. The first-order chi connectivity index (χ1) is 26.0. The maximum atomic E-state index is 12.6. The topological polar surface area (TPSA) is 203 Å². The summed E-state index contributed by atoms with van der Waals surface area (Å²) in [6, 6.07) is 0. The molecule has 4 saturated carbocycles. The van der Waals surface area contributed by atoms with Gasteiger partial charge in [-0.1, -0.05) is 13.8 Å². The first-order valence-corrected chi connectivity index (χ1v) is 20.9. The summed E-state index contributed by atoms with van der Waals surface area (Å²) in [5.74, 6) is 0.174. The van der Waals surface area contributed by atoms with Gasteiger partial charge in [0.25, 0.3) is 0 Å². The first kappa shape index (κ1) is 40.5. The number of fused-ring (bicyclic) bond motifs is 5. The van der Waals surface area contributed by atoms with Crippen molar-refractivity contribution in [2.75, 3.05) is 6.61 Å². The van der Waals surface area contributed by atoms with Gasteiger partial charge in [-0.25, -0.2) is 4.79 Å². The average Bonchev–Trinajstić information content (AvgIpc) is 3.62. The van der Waals surface area contributed by atoms with Crippen LogP contribution in [0.2, 0.25) is 0 Å². The zero-order valence-corrected chi connectivity index (χ0v) is 32.9. The Balaban J connectivity index is 0.834. The zero-order valence-electron chi connectivity index (χ0n) is 32.9. The van der Waals surface area contributed by atoms with Crippen LogP contribution in [-0.4, -0.2) is 135 Å². The molecule has 0 radical (unpaired) electrons. The van der Waals surface area contributed by atoms with Gasteiger partial charge in [0.1, 0.15) is 24.9 Å². The number of esters is 1. The quantitative estimate of drug-likeness (QED) is 0.162. The van der Waals surface area contributed by atoms with E-state index in [1.807, 2.05) is 6.92 Å². The number of hydrogen-bond acceptors (Lipinski definition) is 14. The summed E-state index contributed by atoms with van der Waals surface area (Å²) in [6.07, 6.45) is -1.26. The highest BCUT2D eigenvalue weighted by Gasteiger charge is 2.70. The van der Waals surface area contributed by atoms with Crippen molar-refractivity contribution < 1.29 is 68.6 Å². The molecule has 8 rings (SSSR count). The van der Waals surface area contributed by atoms with Crippen LogP contribution in [0.1, 0.15) is 105 Å². The van der Waals surface area contributed by atoms with Crippen molar-refractivity contribution in [2.45, 2.75) is 197 Å². The van der Waals surface area contributed by atoms with Gasteiger partial charge in [-0.3, -0.25) is 0 Å². The molecule has 3 saturated heterocycles. The largest absolute Gasteiger partial charge is 0.458 e. The molecule has 312 valence electrons. The van der Waals surface area contributed by atoms with Crippen molar-refractivity contribution in [3.8, 4) is 0 Å². The number of cyclic esters (lactones) is 1. The molecule has 0 aromatic heterocycles. The van der Waals surface area contributed by atoms with Gasteiger partial charge in [0.2, 0.25) is 0 Å². The molecule has 0 amide bonds. The number of carbonyl (C=O) groups is 1. The Morgan fingerprint density at radius 3 is 1.87 bits per heavy atom. The van der Waals surface area contributed by atoms with E-state index < -0.39 is 90.9 Å². The molecule has 4 aliphatic heterocycles. The summed E-state index contributed by atoms with van der Waals surface area (Å²) in [5, 5.41) is 66.3. The lowest BCUT2D eigenvalue weighted by atomic mass is 9.43. The Bertz CT molecular complexity index is 1410. The molecule has 21 atom stereocenters. The lowest BCUT2D eigenvalue weighted by Gasteiger charge is -2.63. The molecule has 0 bridgehead atoms. The molecule has 0 spiro atoms. The standard InChI is InChI=1S/C41H64O14/c1-19-36(47)27(42)14-33(50-19)54-38-21(3)52-34(16-29(38)44)55-37-20(2)51-32(15-28(37)43)53-24-8-10-39(4)23(13-24)6-7-26-25(39)9-11-40(5)35(22-12-31(46)49-18-22)30(45)17-41(26,40)48/h12,19-21,23-30,32-38,42-45,47-48H,6-11,13-18H2,1-5H3/t19-,20-,21-,23-,24+,25?,26?,27+,28+,29+,30+,32+,33+,34+,35+,36-,37-,38-,39+,40-,41-/m1/s1. The molecule has 14 nitrogen and oxygen atoms in total. The van der Waals surface area contributed by atoms with E-state index in [1.165, 1.54) is 6.08 Å². The monoisotopic (exact) mass is 780 g/mol. The van der Waals surface area contributed by atoms with Gasteiger partial charge < -0.3 is 63.8 Å². The molecule has 4 aliphatic carbocycles. The average molecular weight is 781 g/mol. The predicted molar refractivity (Wildman–Crippen MR) is 193 cm³/mol. The second-order valence-corrected chi connectivity index (χ2v) is 18.9. The van der Waals surface area contributed by atoms with Gasteiger partial charge in [-0.05, 0) is 94.5 Å². The number of ether oxygens (including phenoxy) is 7. The molecule has 55 heavy (non-hydrogen) atoms. The Labute approximate surface area is 323 Å². The van der Waals surface area contributed by atoms with E-state index in [0.717, 1.165) is 50.5 Å². The highest BCUT2D eigenvalue weighted by atomic mass is 16.7. The van der Waals surface area contributed by atoms with Gasteiger partial charge in [-0.2, -0.15) is 0 Å². The Morgan fingerprint density at radius 2 is 1.29 bits per heavy atom. The van der Waals surface area contributed by atoms with Crippen molar-refractivity contribution in [1.29, 1.82) is 0 Å². The second-order valence-electron chi connectivity index (χ2n) is 18.9. The number of hydrogen-bond donors (Lipinski definition) is 6. The van der Waals surface area contributed by atoms with Crippen LogP contribution in [-0.2, 0) is 38.0 Å². The number of rotatable bonds is 7. The van der Waals surface area contributed by atoms with E-state index in [2.05, 4.69) is 13.8 Å². The van der Waals surface area contributed by atoms with Crippen molar-refractivity contribution in [3.63, 3.8) is 0 Å². The molecule has 0 aromatic rings. The minimum absolute atomic E-state index is 0.0203. The van der Waals surface area contributed by atoms with Crippen molar-refractivity contribution in [2.24, 2.45) is 34.5 Å². The SMILES string of the molecule is C[C@H]1O[C@@H](O[C@H]2[C@@H](O)C[C@H](O[C@H]3[C@@H](O)C[C@H](O[C@H]4CC[C@]5(C)C6CC[C@]7(C)[C@@H](C8=CC(=O)OC8)[C@@H](O)C[C@@]7(O)C6CC[C@@H]5C4)O[C@@H]3C)O[C@@H]2C)C[C@H](O)[C@@H]1O. The van der Waals surface area contributed by atoms with Crippen LogP contribution in [0, 0.1) is 34.5 Å². The highest BCUT2D eigenvalue weighted by molar-refractivity contribution is 5.85. The number of aliphatic hydroxyl groups is 6. The van der Waals surface area contributed by atoms with Gasteiger partial charge in [0.05, 0.1) is 54.4 Å². The van der Waals surface area contributed by atoms with Crippen LogP contribution in [0.25, 0.3) is 0 Å². The van der Waals surface area contributed by atoms with Crippen molar-refractivity contribution in [1.82, 2.24) is 0 Å². The summed E-state index contributed by atoms with van der Waals surface area (Å²) < 4.78 is 42.1. The van der Waals surface area contributed by atoms with Crippen LogP contribution < -0.4 is 0 Å². The minimum atomic E-state index is -1.01. The minimum Gasteiger partial charge on any atom is -0.458 e. The molecular weight excluding hydrogens is 716 g/mol. The maximum absolute atomic E-state index is 12.6. The van der Waals surface area contributed by atoms with E-state index in [0.29, 0.717) is 18.3 Å². The summed E-state index contributed by atoms with van der Waals surface area (Å²) in [4.78, 5) is 12.0. The number of carbonyl (C=O) groups excluding carboxylic acids is 1. The molecule has 4 heterocycles. The van der Waals surface area contributed by atoms with Gasteiger partial charge in [-0.15, -0.1) is 0 Å². The Hall–Kier alpha value is -1.27. The second kappa shape index (κ2) is 15.1. The normalized spacial score (nSPS) is 55.5. The van der Waals surface area contributed by atoms with E-state index in [4.69, 9.17) is 33.2 Å². The van der Waals surface area contributed by atoms with E-state index >= 15 is 0 Å². The van der Waals surface area contributed by atoms with Crippen molar-refractivity contribution >= 4 is 5.97 Å². The van der Waals surface area contributed by atoms with Gasteiger partial charge in [0.15, 0.2) is 18.9 Å². The fourth-order valence-electron chi connectivity index (χ4n) is 12.9. The lowest BCUT2D eigenvalue weighted by Crippen LogP contribution is -2.62. The highest BCUT2D eigenvalue weighted by Crippen LogP contribution is 2.70. The Morgan fingerprint density at radius 1 is 0.691 bits per heavy atom. The summed E-state index contributed by atoms with van der Waals surface area (Å²) in [7, 11) is 0. The smallest absolute Gasteiger partial charge is 0.331 e. The molecule has 2 unspecified atom stereocenters. The maximum Gasteiger partial charge on any atom is 0.331 e. The van der Waals surface area contributed by atoms with Crippen LogP contribution in [0.4, 0.5) is 0 Å². The van der Waals surface area contributed by atoms with E-state index in [9.17, 15) is 35.4 Å². The predicted octanol–water partition coefficient (Wildman–Crippen LogP) is 2.22. The molecule has 14 heteroatoms. The van der Waals surface area contributed by atoms with Crippen LogP contribution >= 0.6 is 0 Å². The third-order valence-corrected chi connectivity index (χ3v) is 15.8. The lowest BCUT2D eigenvalue weighted by molar-refractivity contribution is -0.336. The van der Waals surface area contributed by atoms with Gasteiger partial charge >= 0.3 is 5.97 Å². The van der Waals surface area contributed by atoms with E-state index in [1.54, 1.807) is 13.8 Å². The molecule has 8 aliphatic rings. The fraction of sp³-hybridized carbons (Fsp3) is 0.927. The molecule has 0 aromatic carbocycles. The molecule has 6 N–H and O–H groups in total.